The Bertz CT molecular complexity index is 1110. The van der Waals surface area contributed by atoms with Crippen LogP contribution in [0.15, 0.2) is 52.9 Å². The summed E-state index contributed by atoms with van der Waals surface area (Å²) in [6.07, 6.45) is 0. The van der Waals surface area contributed by atoms with Gasteiger partial charge in [-0.2, -0.15) is 0 Å². The highest BCUT2D eigenvalue weighted by Gasteiger charge is 2.31. The second-order valence-corrected chi connectivity index (χ2v) is 9.31. The Morgan fingerprint density at radius 1 is 1.03 bits per heavy atom. The van der Waals surface area contributed by atoms with E-state index in [4.69, 9.17) is 9.40 Å². The van der Waals surface area contributed by atoms with Gasteiger partial charge in [0, 0.05) is 5.56 Å². The number of nitrogens with zero attached hydrogens (tertiary/aromatic N) is 3. The standard InChI is InChI=1S/C23H25N5OS/c1-16-6-5-7-18(14-16)23-26-25-22(29-23)17(2)28-12-10-27(11-13-28)15-21-24-19-8-3-4-9-20(19)30-21/h3-9,14,17H,10-13,15H2,1-2H3/p+2/t17-/m0/s1. The van der Waals surface area contributed by atoms with Gasteiger partial charge in [0.05, 0.1) is 10.2 Å². The Morgan fingerprint density at radius 3 is 2.67 bits per heavy atom. The summed E-state index contributed by atoms with van der Waals surface area (Å²) in [5.74, 6) is 1.34. The molecule has 5 rings (SSSR count). The molecule has 1 aliphatic rings. The second-order valence-electron chi connectivity index (χ2n) is 8.20. The summed E-state index contributed by atoms with van der Waals surface area (Å²) in [6, 6.07) is 16.8. The molecule has 7 heteroatoms. The molecule has 2 aromatic carbocycles. The van der Waals surface area contributed by atoms with E-state index in [0.29, 0.717) is 5.89 Å². The van der Waals surface area contributed by atoms with Crippen molar-refractivity contribution in [1.82, 2.24) is 15.2 Å². The van der Waals surface area contributed by atoms with E-state index in [9.17, 15) is 0 Å². The van der Waals surface area contributed by atoms with Crippen LogP contribution >= 0.6 is 11.3 Å². The van der Waals surface area contributed by atoms with Crippen molar-refractivity contribution in [2.24, 2.45) is 0 Å². The third-order valence-corrected chi connectivity index (χ3v) is 7.06. The molecule has 30 heavy (non-hydrogen) atoms. The van der Waals surface area contributed by atoms with Crippen molar-refractivity contribution in [3.8, 4) is 11.5 Å². The van der Waals surface area contributed by atoms with Crippen LogP contribution in [0.25, 0.3) is 21.7 Å². The minimum Gasteiger partial charge on any atom is -0.415 e. The molecular weight excluding hydrogens is 394 g/mol. The number of aromatic nitrogens is 3. The molecule has 1 fully saturated rings. The lowest BCUT2D eigenvalue weighted by Crippen LogP contribution is -3.27. The van der Waals surface area contributed by atoms with Crippen molar-refractivity contribution < 1.29 is 14.2 Å². The molecule has 4 aromatic rings. The Kier molecular flexibility index (Phi) is 5.33. The van der Waals surface area contributed by atoms with Gasteiger partial charge in [0.25, 0.3) is 5.89 Å². The Morgan fingerprint density at radius 2 is 1.87 bits per heavy atom. The Hall–Kier alpha value is -2.61. The predicted octanol–water partition coefficient (Wildman–Crippen LogP) is 1.70. The summed E-state index contributed by atoms with van der Waals surface area (Å²) < 4.78 is 7.32. The van der Waals surface area contributed by atoms with Gasteiger partial charge in [-0.05, 0) is 38.1 Å². The topological polar surface area (TPSA) is 60.7 Å². The number of fused-ring (bicyclic) bond motifs is 1. The van der Waals surface area contributed by atoms with Gasteiger partial charge < -0.3 is 14.2 Å². The van der Waals surface area contributed by atoms with Crippen LogP contribution in [0.4, 0.5) is 0 Å². The number of thiazole rings is 1. The minimum absolute atomic E-state index is 0.208. The molecule has 2 aromatic heterocycles. The number of quaternary nitrogens is 2. The molecule has 0 aliphatic carbocycles. The van der Waals surface area contributed by atoms with Crippen LogP contribution in [-0.2, 0) is 6.54 Å². The zero-order valence-electron chi connectivity index (χ0n) is 17.4. The molecule has 0 saturated carbocycles. The van der Waals surface area contributed by atoms with Crippen LogP contribution in [0.2, 0.25) is 0 Å². The lowest BCUT2D eigenvalue weighted by molar-refractivity contribution is -1.03. The van der Waals surface area contributed by atoms with Crippen LogP contribution in [0.3, 0.4) is 0 Å². The molecule has 1 aliphatic heterocycles. The van der Waals surface area contributed by atoms with Crippen LogP contribution in [0.1, 0.15) is 29.4 Å². The first kappa shape index (κ1) is 19.4. The first-order chi connectivity index (χ1) is 14.7. The van der Waals surface area contributed by atoms with Crippen molar-refractivity contribution >= 4 is 21.6 Å². The molecular formula is C23H27N5OS+2. The lowest BCUT2D eigenvalue weighted by atomic mass is 10.1. The fourth-order valence-corrected chi connectivity index (χ4v) is 5.26. The summed E-state index contributed by atoms with van der Waals surface area (Å²) in [7, 11) is 0. The largest absolute Gasteiger partial charge is 0.415 e. The minimum atomic E-state index is 0.208. The summed E-state index contributed by atoms with van der Waals surface area (Å²) in [6.45, 7) is 9.75. The molecule has 154 valence electrons. The number of nitrogens with one attached hydrogen (secondary N) is 2. The smallest absolute Gasteiger partial charge is 0.274 e. The summed E-state index contributed by atoms with van der Waals surface area (Å²) in [5.41, 5.74) is 3.30. The maximum atomic E-state index is 6.04. The average molecular weight is 422 g/mol. The zero-order chi connectivity index (χ0) is 20.5. The van der Waals surface area contributed by atoms with Crippen molar-refractivity contribution in [2.75, 3.05) is 26.2 Å². The van der Waals surface area contributed by atoms with E-state index in [1.54, 1.807) is 4.90 Å². The highest BCUT2D eigenvalue weighted by atomic mass is 32.1. The van der Waals surface area contributed by atoms with Crippen molar-refractivity contribution in [3.05, 3.63) is 65.0 Å². The number of aryl methyl sites for hydroxylation is 1. The van der Waals surface area contributed by atoms with Gasteiger partial charge in [-0.1, -0.05) is 29.8 Å². The van der Waals surface area contributed by atoms with E-state index >= 15 is 0 Å². The number of piperazine rings is 1. The quantitative estimate of drug-likeness (QED) is 0.515. The van der Waals surface area contributed by atoms with Crippen LogP contribution in [-0.4, -0.2) is 41.4 Å². The molecule has 1 saturated heterocycles. The monoisotopic (exact) mass is 421 g/mol. The SMILES string of the molecule is Cc1cccc(-c2nnc([C@H](C)[NH+]3CC[NH+](Cc4nc5ccccc5s4)CC3)o2)c1. The third kappa shape index (κ3) is 4.01. The van der Waals surface area contributed by atoms with Crippen LogP contribution in [0.5, 0.6) is 0 Å². The molecule has 2 N–H and O–H groups in total. The van der Waals surface area contributed by atoms with Gasteiger partial charge in [0.15, 0.2) is 6.04 Å². The Labute approximate surface area is 180 Å². The molecule has 0 unspecified atom stereocenters. The first-order valence-electron chi connectivity index (χ1n) is 10.6. The summed E-state index contributed by atoms with van der Waals surface area (Å²) in [5, 5.41) is 9.89. The van der Waals surface area contributed by atoms with Gasteiger partial charge in [-0.25, -0.2) is 4.98 Å². The van der Waals surface area contributed by atoms with E-state index in [1.807, 2.05) is 23.5 Å². The van der Waals surface area contributed by atoms with E-state index in [1.165, 1.54) is 20.2 Å². The average Bonchev–Trinajstić information content (AvgIpc) is 3.41. The molecule has 3 heterocycles. The van der Waals surface area contributed by atoms with Gasteiger partial charge in [0.1, 0.15) is 37.7 Å². The van der Waals surface area contributed by atoms with E-state index in [-0.39, 0.29) is 6.04 Å². The van der Waals surface area contributed by atoms with Crippen LogP contribution in [0, 0.1) is 6.92 Å². The number of benzene rings is 2. The molecule has 6 nitrogen and oxygen atoms in total. The molecule has 0 radical (unpaired) electrons. The van der Waals surface area contributed by atoms with E-state index < -0.39 is 0 Å². The van der Waals surface area contributed by atoms with Crippen molar-refractivity contribution in [2.45, 2.75) is 26.4 Å². The predicted molar refractivity (Wildman–Crippen MR) is 118 cm³/mol. The highest BCUT2D eigenvalue weighted by Crippen LogP contribution is 2.21. The van der Waals surface area contributed by atoms with Crippen molar-refractivity contribution in [1.29, 1.82) is 0 Å². The fraction of sp³-hybridized carbons (Fsp3) is 0.348. The van der Waals surface area contributed by atoms with Gasteiger partial charge in [-0.15, -0.1) is 21.5 Å². The van der Waals surface area contributed by atoms with Crippen LogP contribution < -0.4 is 9.80 Å². The second kappa shape index (κ2) is 8.26. The number of hydrogen-bond acceptors (Lipinski definition) is 5. The maximum absolute atomic E-state index is 6.04. The fourth-order valence-electron chi connectivity index (χ4n) is 4.22. The normalized spacial score (nSPS) is 20.5. The number of para-hydroxylation sites is 1. The van der Waals surface area contributed by atoms with E-state index in [0.717, 1.165) is 49.7 Å². The lowest BCUT2D eigenvalue weighted by Gasteiger charge is -2.31. The van der Waals surface area contributed by atoms with Gasteiger partial charge in [0.2, 0.25) is 5.89 Å². The zero-order valence-corrected chi connectivity index (χ0v) is 18.2. The van der Waals surface area contributed by atoms with Gasteiger partial charge in [-0.3, -0.25) is 0 Å². The van der Waals surface area contributed by atoms with E-state index in [2.05, 4.69) is 60.4 Å². The third-order valence-electron chi connectivity index (χ3n) is 6.03. The molecule has 0 spiro atoms. The van der Waals surface area contributed by atoms with Gasteiger partial charge >= 0.3 is 0 Å². The maximum Gasteiger partial charge on any atom is 0.274 e. The number of rotatable bonds is 5. The Balaban J connectivity index is 1.20. The molecule has 0 bridgehead atoms. The van der Waals surface area contributed by atoms with Crippen molar-refractivity contribution in [3.63, 3.8) is 0 Å². The first-order valence-corrected chi connectivity index (χ1v) is 11.4. The summed E-state index contributed by atoms with van der Waals surface area (Å²) in [4.78, 5) is 7.93. The molecule has 1 atom stereocenters. The molecule has 0 amide bonds. The highest BCUT2D eigenvalue weighted by molar-refractivity contribution is 7.18. The number of hydrogen-bond donors (Lipinski definition) is 2. The summed E-state index contributed by atoms with van der Waals surface area (Å²) >= 11 is 1.82.